The van der Waals surface area contributed by atoms with E-state index in [4.69, 9.17) is 5.73 Å². The Labute approximate surface area is 109 Å². The van der Waals surface area contributed by atoms with E-state index in [1.54, 1.807) is 18.2 Å². The van der Waals surface area contributed by atoms with Gasteiger partial charge in [-0.05, 0) is 40.8 Å². The quantitative estimate of drug-likeness (QED) is 0.901. The van der Waals surface area contributed by atoms with Crippen LogP contribution < -0.4 is 5.73 Å². The Bertz CT molecular complexity index is 393. The molecule has 2 atom stereocenters. The molecule has 0 aliphatic heterocycles. The third-order valence-electron chi connectivity index (χ3n) is 3.59. The van der Waals surface area contributed by atoms with Crippen molar-refractivity contribution in [1.82, 2.24) is 0 Å². The topological polar surface area (TPSA) is 46.2 Å². The number of halogens is 2. The van der Waals surface area contributed by atoms with Gasteiger partial charge < -0.3 is 10.8 Å². The molecule has 17 heavy (non-hydrogen) atoms. The summed E-state index contributed by atoms with van der Waals surface area (Å²) in [5, 5.41) is 10.2. The molecule has 0 spiro atoms. The average molecular weight is 302 g/mol. The van der Waals surface area contributed by atoms with Gasteiger partial charge in [-0.2, -0.15) is 0 Å². The molecule has 0 aromatic heterocycles. The lowest BCUT2D eigenvalue weighted by molar-refractivity contribution is 0.0832. The molecule has 3 N–H and O–H groups in total. The zero-order chi connectivity index (χ0) is 12.4. The van der Waals surface area contributed by atoms with Crippen molar-refractivity contribution in [2.24, 2.45) is 11.7 Å². The molecule has 2 nitrogen and oxygen atoms in total. The largest absolute Gasteiger partial charge is 0.391 e. The first kappa shape index (κ1) is 13.0. The molecule has 0 bridgehead atoms. The third-order valence-corrected chi connectivity index (χ3v) is 4.20. The maximum Gasteiger partial charge on any atom is 0.142 e. The molecule has 0 heterocycles. The Hall–Kier alpha value is -0.450. The van der Waals surface area contributed by atoms with Crippen LogP contribution in [0.5, 0.6) is 0 Å². The number of aliphatic hydroxyl groups excluding tert-OH is 1. The lowest BCUT2D eigenvalue weighted by Crippen LogP contribution is -2.32. The van der Waals surface area contributed by atoms with Crippen molar-refractivity contribution in [3.8, 4) is 0 Å². The Kier molecular flexibility index (Phi) is 4.17. The highest BCUT2D eigenvalue weighted by Gasteiger charge is 2.30. The van der Waals surface area contributed by atoms with E-state index in [2.05, 4.69) is 15.9 Å². The van der Waals surface area contributed by atoms with E-state index in [1.165, 1.54) is 0 Å². The van der Waals surface area contributed by atoms with Crippen LogP contribution in [0.3, 0.4) is 0 Å². The molecule has 0 radical (unpaired) electrons. The van der Waals surface area contributed by atoms with Crippen molar-refractivity contribution < 1.29 is 9.50 Å². The molecule has 0 amide bonds. The average Bonchev–Trinajstić information content (AvgIpc) is 2.84. The molecule has 1 saturated carbocycles. The molecule has 1 aromatic carbocycles. The van der Waals surface area contributed by atoms with Crippen molar-refractivity contribution in [1.29, 1.82) is 0 Å². The summed E-state index contributed by atoms with van der Waals surface area (Å²) in [6.45, 7) is 0. The van der Waals surface area contributed by atoms with E-state index in [-0.39, 0.29) is 11.7 Å². The van der Waals surface area contributed by atoms with Gasteiger partial charge in [0, 0.05) is 5.56 Å². The smallest absolute Gasteiger partial charge is 0.142 e. The first-order valence-electron chi connectivity index (χ1n) is 5.99. The molecule has 94 valence electrons. The molecule has 0 unspecified atom stereocenters. The van der Waals surface area contributed by atoms with Gasteiger partial charge in [-0.25, -0.2) is 4.39 Å². The lowest BCUT2D eigenvalue weighted by Gasteiger charge is -2.25. The van der Waals surface area contributed by atoms with E-state index >= 15 is 0 Å². The fourth-order valence-electron chi connectivity index (χ4n) is 2.55. The van der Waals surface area contributed by atoms with Crippen LogP contribution in [0.25, 0.3) is 0 Å². The van der Waals surface area contributed by atoms with Crippen LogP contribution in [-0.4, -0.2) is 11.2 Å². The normalized spacial score (nSPS) is 20.5. The van der Waals surface area contributed by atoms with Gasteiger partial charge in [-0.3, -0.25) is 0 Å². The van der Waals surface area contributed by atoms with Gasteiger partial charge in [0.25, 0.3) is 0 Å². The zero-order valence-corrected chi connectivity index (χ0v) is 11.2. The summed E-state index contributed by atoms with van der Waals surface area (Å²) in [6.07, 6.45) is 3.60. The van der Waals surface area contributed by atoms with Crippen molar-refractivity contribution in [3.05, 3.63) is 34.1 Å². The summed E-state index contributed by atoms with van der Waals surface area (Å²) in [5.74, 6) is -0.152. The van der Waals surface area contributed by atoms with Crippen LogP contribution in [-0.2, 0) is 0 Å². The minimum atomic E-state index is -0.652. The molecule has 1 fully saturated rings. The molecule has 4 heteroatoms. The van der Waals surface area contributed by atoms with Crippen LogP contribution in [0.4, 0.5) is 4.39 Å². The predicted octanol–water partition coefficient (Wildman–Crippen LogP) is 3.14. The van der Waals surface area contributed by atoms with Gasteiger partial charge in [-0.15, -0.1) is 0 Å². The van der Waals surface area contributed by atoms with Crippen molar-refractivity contribution >= 4 is 15.9 Å². The SMILES string of the molecule is N[C@H](c1cccc(Br)c1F)[C@@H](O)C1CCCC1. The van der Waals surface area contributed by atoms with Crippen molar-refractivity contribution in [3.63, 3.8) is 0 Å². The van der Waals surface area contributed by atoms with Crippen LogP contribution in [0.2, 0.25) is 0 Å². The summed E-state index contributed by atoms with van der Waals surface area (Å²) in [7, 11) is 0. The molecule has 2 rings (SSSR count). The highest BCUT2D eigenvalue weighted by molar-refractivity contribution is 9.10. The second-order valence-corrected chi connectivity index (χ2v) is 5.56. The lowest BCUT2D eigenvalue weighted by atomic mass is 9.91. The number of hydrogen-bond donors (Lipinski definition) is 2. The van der Waals surface area contributed by atoms with E-state index in [1.807, 2.05) is 0 Å². The Balaban J connectivity index is 2.18. The van der Waals surface area contributed by atoms with Crippen LogP contribution >= 0.6 is 15.9 Å². The highest BCUT2D eigenvalue weighted by Crippen LogP contribution is 2.34. The summed E-state index contributed by atoms with van der Waals surface area (Å²) in [4.78, 5) is 0. The number of rotatable bonds is 3. The molecule has 1 aliphatic carbocycles. The fraction of sp³-hybridized carbons (Fsp3) is 0.538. The van der Waals surface area contributed by atoms with Gasteiger partial charge in [0.15, 0.2) is 0 Å². The van der Waals surface area contributed by atoms with Gasteiger partial charge in [0.2, 0.25) is 0 Å². The highest BCUT2D eigenvalue weighted by atomic mass is 79.9. The first-order chi connectivity index (χ1) is 8.11. The van der Waals surface area contributed by atoms with Crippen LogP contribution in [0.1, 0.15) is 37.3 Å². The fourth-order valence-corrected chi connectivity index (χ4v) is 2.94. The van der Waals surface area contributed by atoms with Crippen LogP contribution in [0.15, 0.2) is 22.7 Å². The first-order valence-corrected chi connectivity index (χ1v) is 6.78. The number of nitrogens with two attached hydrogens (primary N) is 1. The molecule has 0 saturated heterocycles. The van der Waals surface area contributed by atoms with Gasteiger partial charge in [-0.1, -0.05) is 25.0 Å². The minimum Gasteiger partial charge on any atom is -0.391 e. The van der Waals surface area contributed by atoms with E-state index < -0.39 is 12.1 Å². The van der Waals surface area contributed by atoms with Crippen LogP contribution in [0, 0.1) is 11.7 Å². The van der Waals surface area contributed by atoms with E-state index in [0.29, 0.717) is 10.0 Å². The monoisotopic (exact) mass is 301 g/mol. The number of hydrogen-bond acceptors (Lipinski definition) is 2. The second-order valence-electron chi connectivity index (χ2n) is 4.70. The second kappa shape index (κ2) is 5.46. The maximum absolute atomic E-state index is 13.9. The van der Waals surface area contributed by atoms with Gasteiger partial charge in [0.1, 0.15) is 5.82 Å². The van der Waals surface area contributed by atoms with Crippen molar-refractivity contribution in [2.45, 2.75) is 37.8 Å². The molecule has 1 aliphatic rings. The number of aliphatic hydroxyl groups is 1. The van der Waals surface area contributed by atoms with E-state index in [0.717, 1.165) is 25.7 Å². The molecular weight excluding hydrogens is 285 g/mol. The van der Waals surface area contributed by atoms with E-state index in [9.17, 15) is 9.50 Å². The minimum absolute atomic E-state index is 0.211. The Morgan fingerprint density at radius 1 is 1.35 bits per heavy atom. The van der Waals surface area contributed by atoms with Gasteiger partial charge >= 0.3 is 0 Å². The number of benzene rings is 1. The van der Waals surface area contributed by atoms with Crippen molar-refractivity contribution in [2.75, 3.05) is 0 Å². The Morgan fingerprint density at radius 2 is 2.00 bits per heavy atom. The molecular formula is C13H17BrFNO. The standard InChI is InChI=1S/C13H17BrFNO/c14-10-7-3-6-9(11(10)15)12(16)13(17)8-4-1-2-5-8/h3,6-8,12-13,17H,1-2,4-5,16H2/t12-,13+/m1/s1. The summed E-state index contributed by atoms with van der Waals surface area (Å²) >= 11 is 3.13. The predicted molar refractivity (Wildman–Crippen MR) is 69.0 cm³/mol. The summed E-state index contributed by atoms with van der Waals surface area (Å²) in [5.41, 5.74) is 6.36. The molecule has 1 aromatic rings. The Morgan fingerprint density at radius 3 is 2.65 bits per heavy atom. The maximum atomic E-state index is 13.9. The third kappa shape index (κ3) is 2.69. The zero-order valence-electron chi connectivity index (χ0n) is 9.57. The van der Waals surface area contributed by atoms with Gasteiger partial charge in [0.05, 0.1) is 16.6 Å². The summed E-state index contributed by atoms with van der Waals surface area (Å²) < 4.78 is 14.3. The summed E-state index contributed by atoms with van der Waals surface area (Å²) in [6, 6.07) is 4.37.